The maximum Gasteiger partial charge on any atom is 0.244 e. The molecule has 0 aliphatic heterocycles. The Balaban J connectivity index is 2.36. The Morgan fingerprint density at radius 3 is 2.26 bits per heavy atom. The van der Waals surface area contributed by atoms with Crippen LogP contribution in [0.2, 0.25) is 0 Å². The summed E-state index contributed by atoms with van der Waals surface area (Å²) in [4.78, 5) is 3.37. The van der Waals surface area contributed by atoms with Crippen LogP contribution in [-0.4, -0.2) is 27.6 Å². The first-order chi connectivity index (χ1) is 10.9. The van der Waals surface area contributed by atoms with Crippen LogP contribution in [0.5, 0.6) is 11.5 Å². The number of sulfonamides is 1. The Labute approximate surface area is 134 Å². The van der Waals surface area contributed by atoms with Crippen molar-refractivity contribution < 1.29 is 22.3 Å². The van der Waals surface area contributed by atoms with Crippen LogP contribution in [0.1, 0.15) is 18.5 Å². The Morgan fingerprint density at radius 1 is 1.13 bits per heavy atom. The van der Waals surface area contributed by atoms with E-state index in [0.29, 0.717) is 5.56 Å². The van der Waals surface area contributed by atoms with Crippen molar-refractivity contribution in [3.05, 3.63) is 48.0 Å². The molecule has 0 radical (unpaired) electrons. The van der Waals surface area contributed by atoms with E-state index in [4.69, 9.17) is 9.47 Å². The summed E-state index contributed by atoms with van der Waals surface area (Å²) in [6.45, 7) is 1.66. The van der Waals surface area contributed by atoms with Gasteiger partial charge in [-0.2, -0.15) is 0 Å². The van der Waals surface area contributed by atoms with Crippen molar-refractivity contribution in [3.63, 3.8) is 0 Å². The Morgan fingerprint density at radius 2 is 1.70 bits per heavy atom. The van der Waals surface area contributed by atoms with Gasteiger partial charge in [-0.15, -0.1) is 0 Å². The Hall–Kier alpha value is -2.19. The number of nitrogens with one attached hydrogen (secondary N) is 1. The van der Waals surface area contributed by atoms with E-state index < -0.39 is 26.8 Å². The highest BCUT2D eigenvalue weighted by molar-refractivity contribution is 7.89. The van der Waals surface area contributed by atoms with Crippen molar-refractivity contribution in [1.82, 2.24) is 9.71 Å². The van der Waals surface area contributed by atoms with Crippen LogP contribution in [0.25, 0.3) is 0 Å². The molecule has 2 aromatic rings. The number of rotatable bonds is 6. The lowest BCUT2D eigenvalue weighted by molar-refractivity contribution is 0.350. The lowest BCUT2D eigenvalue weighted by Crippen LogP contribution is -2.27. The molecule has 0 saturated carbocycles. The van der Waals surface area contributed by atoms with Gasteiger partial charge in [0.25, 0.3) is 0 Å². The molecule has 1 unspecified atom stereocenters. The van der Waals surface area contributed by atoms with Crippen molar-refractivity contribution in [2.45, 2.75) is 17.9 Å². The van der Waals surface area contributed by atoms with Crippen molar-refractivity contribution in [2.24, 2.45) is 0 Å². The quantitative estimate of drug-likeness (QED) is 0.873. The number of ether oxygens (including phenoxy) is 2. The third-order valence-corrected chi connectivity index (χ3v) is 4.82. The molecule has 124 valence electrons. The molecule has 1 N–H and O–H groups in total. The summed E-state index contributed by atoms with van der Waals surface area (Å²) in [5, 5.41) is 0. The minimum absolute atomic E-state index is 0.117. The van der Waals surface area contributed by atoms with Crippen LogP contribution >= 0.6 is 0 Å². The molecule has 1 aromatic carbocycles. The van der Waals surface area contributed by atoms with E-state index in [1.807, 2.05) is 0 Å². The number of nitrogens with zero attached hydrogens (tertiary/aromatic N) is 1. The van der Waals surface area contributed by atoms with Crippen molar-refractivity contribution in [3.8, 4) is 11.5 Å². The normalized spacial score (nSPS) is 12.7. The van der Waals surface area contributed by atoms with Crippen molar-refractivity contribution in [1.29, 1.82) is 0 Å². The molecule has 2 rings (SSSR count). The predicted octanol–water partition coefficient (Wildman–Crippen LogP) is 2.28. The first-order valence-corrected chi connectivity index (χ1v) is 8.21. The molecule has 0 bridgehead atoms. The SMILES string of the molecule is COc1cc(F)c(S(=O)(=O)NC(C)c2ccncc2)cc1OC. The highest BCUT2D eigenvalue weighted by Gasteiger charge is 2.24. The molecule has 1 heterocycles. The van der Waals surface area contributed by atoms with E-state index in [9.17, 15) is 12.8 Å². The van der Waals surface area contributed by atoms with Gasteiger partial charge in [0.05, 0.1) is 14.2 Å². The lowest BCUT2D eigenvalue weighted by Gasteiger charge is -2.16. The van der Waals surface area contributed by atoms with Crippen LogP contribution in [0.4, 0.5) is 4.39 Å². The zero-order chi connectivity index (χ0) is 17.0. The van der Waals surface area contributed by atoms with Crippen LogP contribution in [0.3, 0.4) is 0 Å². The highest BCUT2D eigenvalue weighted by atomic mass is 32.2. The fourth-order valence-electron chi connectivity index (χ4n) is 2.06. The topological polar surface area (TPSA) is 77.5 Å². The lowest BCUT2D eigenvalue weighted by atomic mass is 10.1. The largest absolute Gasteiger partial charge is 0.493 e. The second kappa shape index (κ2) is 6.93. The van der Waals surface area contributed by atoms with E-state index in [1.165, 1.54) is 14.2 Å². The molecule has 0 fully saturated rings. The maximum absolute atomic E-state index is 14.1. The molecule has 1 atom stereocenters. The third-order valence-electron chi connectivity index (χ3n) is 3.27. The molecule has 0 aliphatic rings. The summed E-state index contributed by atoms with van der Waals surface area (Å²) in [5.41, 5.74) is 0.712. The fourth-order valence-corrected chi connectivity index (χ4v) is 3.36. The first kappa shape index (κ1) is 17.2. The molecule has 6 nitrogen and oxygen atoms in total. The van der Waals surface area contributed by atoms with Gasteiger partial charge in [-0.25, -0.2) is 17.5 Å². The maximum atomic E-state index is 14.1. The highest BCUT2D eigenvalue weighted by Crippen LogP contribution is 2.32. The third kappa shape index (κ3) is 3.77. The second-order valence-electron chi connectivity index (χ2n) is 4.76. The average Bonchev–Trinajstić information content (AvgIpc) is 2.54. The fraction of sp³-hybridized carbons (Fsp3) is 0.267. The van der Waals surface area contributed by atoms with Gasteiger partial charge in [-0.1, -0.05) is 0 Å². The minimum atomic E-state index is -4.08. The van der Waals surface area contributed by atoms with E-state index in [1.54, 1.807) is 31.5 Å². The number of pyridine rings is 1. The molecule has 0 spiro atoms. The number of hydrogen-bond donors (Lipinski definition) is 1. The smallest absolute Gasteiger partial charge is 0.244 e. The van der Waals surface area contributed by atoms with Gasteiger partial charge in [0.1, 0.15) is 10.7 Å². The van der Waals surface area contributed by atoms with Crippen LogP contribution in [-0.2, 0) is 10.0 Å². The average molecular weight is 340 g/mol. The molecule has 1 aromatic heterocycles. The second-order valence-corrected chi connectivity index (χ2v) is 6.44. The van der Waals surface area contributed by atoms with Gasteiger partial charge >= 0.3 is 0 Å². The molecular formula is C15H17FN2O4S. The van der Waals surface area contributed by atoms with Crippen LogP contribution in [0, 0.1) is 5.82 Å². The number of hydrogen-bond acceptors (Lipinski definition) is 5. The summed E-state index contributed by atoms with van der Waals surface area (Å²) in [5.74, 6) is -0.672. The molecule has 0 aliphatic carbocycles. The number of aromatic nitrogens is 1. The van der Waals surface area contributed by atoms with Crippen molar-refractivity contribution >= 4 is 10.0 Å². The molecule has 0 saturated heterocycles. The van der Waals surface area contributed by atoms with E-state index in [0.717, 1.165) is 12.1 Å². The van der Waals surface area contributed by atoms with Crippen molar-refractivity contribution in [2.75, 3.05) is 14.2 Å². The number of methoxy groups -OCH3 is 2. The van der Waals surface area contributed by atoms with E-state index in [-0.39, 0.29) is 11.5 Å². The van der Waals surface area contributed by atoms with Crippen LogP contribution in [0.15, 0.2) is 41.6 Å². The summed E-state index contributed by atoms with van der Waals surface area (Å²) in [7, 11) is -1.39. The van der Waals surface area contributed by atoms with Gasteiger partial charge in [0.2, 0.25) is 10.0 Å². The minimum Gasteiger partial charge on any atom is -0.493 e. The zero-order valence-corrected chi connectivity index (χ0v) is 13.7. The van der Waals surface area contributed by atoms with Gasteiger partial charge in [-0.3, -0.25) is 4.98 Å². The Kier molecular flexibility index (Phi) is 5.17. The van der Waals surface area contributed by atoms with E-state index in [2.05, 4.69) is 9.71 Å². The Bertz CT molecular complexity index is 782. The molecular weight excluding hydrogens is 323 g/mol. The standard InChI is InChI=1S/C15H17FN2O4S/c1-10(11-4-6-17-7-5-11)18-23(19,20)15-9-14(22-3)13(21-2)8-12(15)16/h4-10,18H,1-3H3. The number of benzene rings is 1. The summed E-state index contributed by atoms with van der Waals surface area (Å²) in [6.07, 6.45) is 3.11. The molecule has 23 heavy (non-hydrogen) atoms. The van der Waals surface area contributed by atoms with Gasteiger partial charge < -0.3 is 9.47 Å². The monoisotopic (exact) mass is 340 g/mol. The summed E-state index contributed by atoms with van der Waals surface area (Å²) < 4.78 is 51.4. The molecule has 0 amide bonds. The number of halogens is 1. The zero-order valence-electron chi connectivity index (χ0n) is 12.9. The first-order valence-electron chi connectivity index (χ1n) is 6.73. The van der Waals surface area contributed by atoms with Gasteiger partial charge in [0.15, 0.2) is 11.5 Å². The summed E-state index contributed by atoms with van der Waals surface area (Å²) in [6, 6.07) is 4.88. The van der Waals surface area contributed by atoms with Gasteiger partial charge in [-0.05, 0) is 24.6 Å². The molecule has 8 heteroatoms. The van der Waals surface area contributed by atoms with E-state index >= 15 is 0 Å². The van der Waals surface area contributed by atoms with Gasteiger partial charge in [0, 0.05) is 30.6 Å². The van der Waals surface area contributed by atoms with Crippen LogP contribution < -0.4 is 14.2 Å². The predicted molar refractivity (Wildman–Crippen MR) is 82.5 cm³/mol. The summed E-state index contributed by atoms with van der Waals surface area (Å²) >= 11 is 0.